The van der Waals surface area contributed by atoms with Gasteiger partial charge in [0.2, 0.25) is 11.9 Å². The third kappa shape index (κ3) is 5.87. The van der Waals surface area contributed by atoms with Crippen LogP contribution in [0.25, 0.3) is 0 Å². The number of halogens is 3. The molecular weight excluding hydrogens is 277 g/mol. The van der Waals surface area contributed by atoms with Gasteiger partial charge < -0.3 is 10.1 Å². The van der Waals surface area contributed by atoms with Crippen molar-refractivity contribution in [2.75, 3.05) is 10.7 Å². The van der Waals surface area contributed by atoms with Crippen LogP contribution in [0.5, 0.6) is 6.01 Å². The summed E-state index contributed by atoms with van der Waals surface area (Å²) in [6, 6.07) is -0.917. The highest BCUT2D eigenvalue weighted by atomic mass is 19.4. The first-order valence-electron chi connectivity index (χ1n) is 5.92. The van der Waals surface area contributed by atoms with Gasteiger partial charge in [-0.2, -0.15) is 28.1 Å². The molecular formula is C10H17F3N6O. The van der Waals surface area contributed by atoms with E-state index in [1.165, 1.54) is 6.92 Å². The Kier molecular flexibility index (Phi) is 5.31. The molecule has 0 aromatic carbocycles. The largest absolute Gasteiger partial charge is 0.461 e. The average molecular weight is 294 g/mol. The van der Waals surface area contributed by atoms with Crippen molar-refractivity contribution in [3.63, 3.8) is 0 Å². The summed E-state index contributed by atoms with van der Waals surface area (Å²) in [6.07, 6.45) is -5.47. The third-order valence-corrected chi connectivity index (χ3v) is 2.00. The SMILES string of the molecule is CC(CC(F)(F)F)Nc1nc(NN)nc(OC(C)C)n1. The number of alkyl halides is 3. The maximum absolute atomic E-state index is 12.3. The molecule has 4 N–H and O–H groups in total. The highest BCUT2D eigenvalue weighted by Crippen LogP contribution is 2.23. The zero-order valence-corrected chi connectivity index (χ0v) is 11.3. The van der Waals surface area contributed by atoms with E-state index < -0.39 is 18.6 Å². The quantitative estimate of drug-likeness (QED) is 0.542. The van der Waals surface area contributed by atoms with Crippen LogP contribution in [0.4, 0.5) is 25.1 Å². The van der Waals surface area contributed by atoms with E-state index >= 15 is 0 Å². The molecule has 20 heavy (non-hydrogen) atoms. The lowest BCUT2D eigenvalue weighted by Gasteiger charge is -2.16. The van der Waals surface area contributed by atoms with E-state index in [1.807, 2.05) is 0 Å². The van der Waals surface area contributed by atoms with E-state index in [-0.39, 0.29) is 24.0 Å². The van der Waals surface area contributed by atoms with Gasteiger partial charge in [-0.25, -0.2) is 5.84 Å². The predicted octanol–water partition coefficient (Wildman–Crippen LogP) is 1.70. The Labute approximate surface area is 114 Å². The molecule has 1 heterocycles. The molecule has 1 aromatic rings. The fourth-order valence-corrected chi connectivity index (χ4v) is 1.37. The van der Waals surface area contributed by atoms with Crippen LogP contribution in [-0.4, -0.2) is 33.3 Å². The van der Waals surface area contributed by atoms with Crippen LogP contribution in [-0.2, 0) is 0 Å². The Morgan fingerprint density at radius 3 is 2.25 bits per heavy atom. The van der Waals surface area contributed by atoms with Crippen molar-refractivity contribution in [1.82, 2.24) is 15.0 Å². The number of anilines is 2. The molecule has 0 amide bonds. The van der Waals surface area contributed by atoms with Crippen molar-refractivity contribution in [2.45, 2.75) is 45.5 Å². The minimum Gasteiger partial charge on any atom is -0.461 e. The third-order valence-electron chi connectivity index (χ3n) is 2.00. The highest BCUT2D eigenvalue weighted by Gasteiger charge is 2.30. The van der Waals surface area contributed by atoms with E-state index in [4.69, 9.17) is 10.6 Å². The Balaban J connectivity index is 2.83. The first kappa shape index (κ1) is 16.2. The molecule has 0 bridgehead atoms. The van der Waals surface area contributed by atoms with Gasteiger partial charge in [0.25, 0.3) is 0 Å². The molecule has 1 unspecified atom stereocenters. The minimum absolute atomic E-state index is 0.00245. The van der Waals surface area contributed by atoms with E-state index in [2.05, 4.69) is 25.7 Å². The van der Waals surface area contributed by atoms with Gasteiger partial charge in [0, 0.05) is 6.04 Å². The van der Waals surface area contributed by atoms with Crippen LogP contribution >= 0.6 is 0 Å². The lowest BCUT2D eigenvalue weighted by molar-refractivity contribution is -0.136. The predicted molar refractivity (Wildman–Crippen MR) is 67.2 cm³/mol. The minimum atomic E-state index is -4.27. The van der Waals surface area contributed by atoms with Crippen molar-refractivity contribution in [1.29, 1.82) is 0 Å². The van der Waals surface area contributed by atoms with Gasteiger partial charge in [0.05, 0.1) is 12.5 Å². The van der Waals surface area contributed by atoms with Crippen LogP contribution in [0.15, 0.2) is 0 Å². The van der Waals surface area contributed by atoms with Gasteiger partial charge in [0.15, 0.2) is 0 Å². The topological polar surface area (TPSA) is 98.0 Å². The molecule has 7 nitrogen and oxygen atoms in total. The standard InChI is InChI=1S/C10H17F3N6O/c1-5(2)20-9-17-7(16-8(18-9)19-14)15-6(3)4-10(11,12)13/h5-6H,4,14H2,1-3H3,(H2,15,16,17,18,19). The van der Waals surface area contributed by atoms with Gasteiger partial charge in [-0.3, -0.25) is 5.43 Å². The van der Waals surface area contributed by atoms with Crippen LogP contribution in [0.3, 0.4) is 0 Å². The summed E-state index contributed by atoms with van der Waals surface area (Å²) in [5, 5.41) is 2.53. The number of aromatic nitrogens is 3. The number of hydrogen-bond acceptors (Lipinski definition) is 7. The Morgan fingerprint density at radius 1 is 1.15 bits per heavy atom. The van der Waals surface area contributed by atoms with Gasteiger partial charge in [-0.05, 0) is 20.8 Å². The Hall–Kier alpha value is -1.84. The number of nitrogens with zero attached hydrogens (tertiary/aromatic N) is 3. The molecule has 0 aliphatic carbocycles. The summed E-state index contributed by atoms with van der Waals surface area (Å²) in [5.74, 6) is 5.14. The van der Waals surface area contributed by atoms with Crippen LogP contribution in [0.1, 0.15) is 27.2 Å². The highest BCUT2D eigenvalue weighted by molar-refractivity contribution is 5.35. The lowest BCUT2D eigenvalue weighted by atomic mass is 10.2. The van der Waals surface area contributed by atoms with Gasteiger partial charge in [0.1, 0.15) is 0 Å². The number of hydrogen-bond donors (Lipinski definition) is 3. The van der Waals surface area contributed by atoms with Crippen molar-refractivity contribution in [3.8, 4) is 6.01 Å². The van der Waals surface area contributed by atoms with Gasteiger partial charge in [-0.15, -0.1) is 0 Å². The molecule has 1 rings (SSSR count). The lowest BCUT2D eigenvalue weighted by Crippen LogP contribution is -2.25. The molecule has 0 aliphatic heterocycles. The van der Waals surface area contributed by atoms with Crippen molar-refractivity contribution >= 4 is 11.9 Å². The second-order valence-electron chi connectivity index (χ2n) is 4.44. The van der Waals surface area contributed by atoms with Crippen LogP contribution in [0, 0.1) is 0 Å². The molecule has 114 valence electrons. The number of nitrogens with one attached hydrogen (secondary N) is 2. The summed E-state index contributed by atoms with van der Waals surface area (Å²) in [7, 11) is 0. The first-order chi connectivity index (χ1) is 9.19. The molecule has 0 saturated heterocycles. The van der Waals surface area contributed by atoms with Crippen molar-refractivity contribution in [2.24, 2.45) is 5.84 Å². The second kappa shape index (κ2) is 6.55. The molecule has 0 fully saturated rings. The Bertz CT molecular complexity index is 439. The Morgan fingerprint density at radius 2 is 1.75 bits per heavy atom. The average Bonchev–Trinajstić information content (AvgIpc) is 2.24. The smallest absolute Gasteiger partial charge is 0.391 e. The van der Waals surface area contributed by atoms with E-state index in [1.54, 1.807) is 13.8 Å². The number of nitrogens with two attached hydrogens (primary N) is 1. The molecule has 1 atom stereocenters. The van der Waals surface area contributed by atoms with Gasteiger partial charge >= 0.3 is 12.2 Å². The first-order valence-corrected chi connectivity index (χ1v) is 5.92. The molecule has 0 radical (unpaired) electrons. The van der Waals surface area contributed by atoms with E-state index in [9.17, 15) is 13.2 Å². The zero-order valence-electron chi connectivity index (χ0n) is 11.3. The second-order valence-corrected chi connectivity index (χ2v) is 4.44. The van der Waals surface area contributed by atoms with Crippen LogP contribution < -0.4 is 21.3 Å². The summed E-state index contributed by atoms with van der Waals surface area (Å²) >= 11 is 0. The number of hydrazine groups is 1. The normalized spacial score (nSPS) is 13.2. The van der Waals surface area contributed by atoms with Crippen LogP contribution in [0.2, 0.25) is 0 Å². The molecule has 1 aromatic heterocycles. The molecule has 0 saturated carbocycles. The van der Waals surface area contributed by atoms with Crippen molar-refractivity contribution < 1.29 is 17.9 Å². The summed E-state index contributed by atoms with van der Waals surface area (Å²) in [4.78, 5) is 11.5. The maximum Gasteiger partial charge on any atom is 0.391 e. The monoisotopic (exact) mass is 294 g/mol. The van der Waals surface area contributed by atoms with Crippen molar-refractivity contribution in [3.05, 3.63) is 0 Å². The molecule has 0 aliphatic rings. The summed E-state index contributed by atoms with van der Waals surface area (Å²) in [5.41, 5.74) is 2.20. The molecule has 0 spiro atoms. The van der Waals surface area contributed by atoms with E-state index in [0.717, 1.165) is 0 Å². The fraction of sp³-hybridized carbons (Fsp3) is 0.700. The van der Waals surface area contributed by atoms with Gasteiger partial charge in [-0.1, -0.05) is 0 Å². The molecule has 10 heteroatoms. The summed E-state index contributed by atoms with van der Waals surface area (Å²) in [6.45, 7) is 4.90. The maximum atomic E-state index is 12.3. The number of rotatable bonds is 6. The number of nitrogen functional groups attached to an aromatic ring is 1. The fourth-order valence-electron chi connectivity index (χ4n) is 1.37. The summed E-state index contributed by atoms with van der Waals surface area (Å²) < 4.78 is 42.0. The zero-order chi connectivity index (χ0) is 15.3. The number of ether oxygens (including phenoxy) is 1. The van der Waals surface area contributed by atoms with E-state index in [0.29, 0.717) is 0 Å².